The summed E-state index contributed by atoms with van der Waals surface area (Å²) in [6, 6.07) is 0. The van der Waals surface area contributed by atoms with Crippen molar-refractivity contribution >= 4 is 9.84 Å². The number of sulfone groups is 1. The van der Waals surface area contributed by atoms with Gasteiger partial charge >= 0.3 is 0 Å². The molecule has 0 spiro atoms. The molecule has 1 aromatic heterocycles. The lowest BCUT2D eigenvalue weighted by molar-refractivity contribution is 0.0617. The van der Waals surface area contributed by atoms with Crippen molar-refractivity contribution in [2.75, 3.05) is 6.26 Å². The van der Waals surface area contributed by atoms with Crippen LogP contribution in [0.5, 0.6) is 0 Å². The standard InChI is InChI=1S/C11H14F2N2O2S/c1-18(16,17)8-4-14-15(6-8)5-7-2-9-10(3-7)11(9,12)13/h4,6-7,9-10H,2-3,5H2,1H3. The van der Waals surface area contributed by atoms with Crippen LogP contribution in [-0.2, 0) is 16.4 Å². The molecule has 0 aliphatic heterocycles. The van der Waals surface area contributed by atoms with Crippen LogP contribution in [0.3, 0.4) is 0 Å². The van der Waals surface area contributed by atoms with Crippen molar-refractivity contribution in [2.45, 2.75) is 30.2 Å². The van der Waals surface area contributed by atoms with E-state index in [1.54, 1.807) is 4.68 Å². The Balaban J connectivity index is 1.64. The molecule has 0 aromatic carbocycles. The molecule has 18 heavy (non-hydrogen) atoms. The van der Waals surface area contributed by atoms with Gasteiger partial charge in [0.1, 0.15) is 4.90 Å². The fourth-order valence-electron chi connectivity index (χ4n) is 2.97. The minimum atomic E-state index is -3.24. The molecule has 0 amide bonds. The van der Waals surface area contributed by atoms with Crippen LogP contribution >= 0.6 is 0 Å². The fraction of sp³-hybridized carbons (Fsp3) is 0.727. The van der Waals surface area contributed by atoms with Crippen molar-refractivity contribution in [1.82, 2.24) is 9.78 Å². The second kappa shape index (κ2) is 3.53. The first-order valence-electron chi connectivity index (χ1n) is 5.89. The fourth-order valence-corrected chi connectivity index (χ4v) is 3.52. The van der Waals surface area contributed by atoms with E-state index in [0.717, 1.165) is 6.26 Å². The predicted octanol–water partition coefficient (Wildman–Crippen LogP) is 1.58. The van der Waals surface area contributed by atoms with Crippen LogP contribution < -0.4 is 0 Å². The molecule has 2 saturated carbocycles. The molecule has 4 nitrogen and oxygen atoms in total. The van der Waals surface area contributed by atoms with Gasteiger partial charge in [-0.2, -0.15) is 5.10 Å². The van der Waals surface area contributed by atoms with Gasteiger partial charge in [-0.3, -0.25) is 4.68 Å². The summed E-state index contributed by atoms with van der Waals surface area (Å²) in [5.41, 5.74) is 0. The molecule has 2 atom stereocenters. The van der Waals surface area contributed by atoms with Crippen LogP contribution in [0.1, 0.15) is 12.8 Å². The van der Waals surface area contributed by atoms with E-state index in [2.05, 4.69) is 5.10 Å². The van der Waals surface area contributed by atoms with Crippen molar-refractivity contribution in [3.05, 3.63) is 12.4 Å². The predicted molar refractivity (Wildman–Crippen MR) is 60.0 cm³/mol. The maximum absolute atomic E-state index is 13.0. The summed E-state index contributed by atoms with van der Waals surface area (Å²) in [5, 5.41) is 3.97. The zero-order valence-electron chi connectivity index (χ0n) is 9.88. The Hall–Kier alpha value is -0.980. The van der Waals surface area contributed by atoms with Crippen LogP contribution in [0.15, 0.2) is 17.3 Å². The van der Waals surface area contributed by atoms with E-state index >= 15 is 0 Å². The monoisotopic (exact) mass is 276 g/mol. The highest BCUT2D eigenvalue weighted by molar-refractivity contribution is 7.90. The highest BCUT2D eigenvalue weighted by Gasteiger charge is 2.71. The first kappa shape index (κ1) is 12.1. The molecule has 100 valence electrons. The van der Waals surface area contributed by atoms with E-state index in [1.807, 2.05) is 0 Å². The van der Waals surface area contributed by atoms with Crippen molar-refractivity contribution in [2.24, 2.45) is 17.8 Å². The summed E-state index contributed by atoms with van der Waals surface area (Å²) < 4.78 is 50.1. The third kappa shape index (κ3) is 1.84. The van der Waals surface area contributed by atoms with Crippen molar-refractivity contribution in [1.29, 1.82) is 0 Å². The minimum Gasteiger partial charge on any atom is -0.271 e. The molecule has 7 heteroatoms. The van der Waals surface area contributed by atoms with Gasteiger partial charge in [-0.15, -0.1) is 0 Å². The minimum absolute atomic E-state index is 0.177. The zero-order valence-corrected chi connectivity index (χ0v) is 10.7. The highest BCUT2D eigenvalue weighted by Crippen LogP contribution is 2.65. The maximum Gasteiger partial charge on any atom is 0.254 e. The summed E-state index contributed by atoms with van der Waals surface area (Å²) in [6.07, 6.45) is 4.94. The molecular formula is C11H14F2N2O2S. The normalized spacial score (nSPS) is 33.4. The number of hydrogen-bond donors (Lipinski definition) is 0. The smallest absolute Gasteiger partial charge is 0.254 e. The molecule has 3 rings (SSSR count). The van der Waals surface area contributed by atoms with E-state index in [-0.39, 0.29) is 10.8 Å². The summed E-state index contributed by atoms with van der Waals surface area (Å²) in [7, 11) is -3.24. The van der Waals surface area contributed by atoms with Gasteiger partial charge in [0.25, 0.3) is 5.92 Å². The second-order valence-electron chi connectivity index (χ2n) is 5.40. The van der Waals surface area contributed by atoms with E-state index in [0.29, 0.717) is 19.4 Å². The number of halogens is 2. The number of alkyl halides is 2. The van der Waals surface area contributed by atoms with E-state index < -0.39 is 27.6 Å². The topological polar surface area (TPSA) is 52.0 Å². The molecule has 1 aromatic rings. The van der Waals surface area contributed by atoms with Gasteiger partial charge in [0, 0.05) is 30.8 Å². The van der Waals surface area contributed by atoms with Crippen LogP contribution in [0.4, 0.5) is 8.78 Å². The van der Waals surface area contributed by atoms with Gasteiger partial charge in [0.2, 0.25) is 0 Å². The molecule has 2 aliphatic carbocycles. The molecule has 2 fully saturated rings. The maximum atomic E-state index is 13.0. The summed E-state index contributed by atoms with van der Waals surface area (Å²) in [4.78, 5) is 0.177. The van der Waals surface area contributed by atoms with Crippen molar-refractivity contribution in [3.8, 4) is 0 Å². The van der Waals surface area contributed by atoms with Gasteiger partial charge in [-0.05, 0) is 18.8 Å². The van der Waals surface area contributed by atoms with Gasteiger partial charge in [0.15, 0.2) is 9.84 Å². The van der Waals surface area contributed by atoms with E-state index in [4.69, 9.17) is 0 Å². The number of rotatable bonds is 3. The molecule has 2 unspecified atom stereocenters. The number of aromatic nitrogens is 2. The average molecular weight is 276 g/mol. The molecular weight excluding hydrogens is 262 g/mol. The first-order chi connectivity index (χ1) is 8.28. The Kier molecular flexibility index (Phi) is 2.36. The van der Waals surface area contributed by atoms with E-state index in [1.165, 1.54) is 12.4 Å². The summed E-state index contributed by atoms with van der Waals surface area (Å²) >= 11 is 0. The highest BCUT2D eigenvalue weighted by atomic mass is 32.2. The van der Waals surface area contributed by atoms with Crippen LogP contribution in [0, 0.1) is 17.8 Å². The Bertz CT molecular complexity index is 568. The lowest BCUT2D eigenvalue weighted by Crippen LogP contribution is -2.14. The van der Waals surface area contributed by atoms with Gasteiger partial charge < -0.3 is 0 Å². The molecule has 0 radical (unpaired) electrons. The Morgan fingerprint density at radius 1 is 1.44 bits per heavy atom. The Morgan fingerprint density at radius 2 is 2.06 bits per heavy atom. The lowest BCUT2D eigenvalue weighted by atomic mass is 10.0. The molecule has 0 bridgehead atoms. The number of hydrogen-bond acceptors (Lipinski definition) is 3. The second-order valence-corrected chi connectivity index (χ2v) is 7.41. The molecule has 0 N–H and O–H groups in total. The van der Waals surface area contributed by atoms with Crippen LogP contribution in [0.2, 0.25) is 0 Å². The Labute approximate surface area is 104 Å². The third-order valence-corrected chi connectivity index (χ3v) is 5.09. The van der Waals surface area contributed by atoms with Crippen molar-refractivity contribution < 1.29 is 17.2 Å². The lowest BCUT2D eigenvalue weighted by Gasteiger charge is -2.13. The third-order valence-electron chi connectivity index (χ3n) is 4.02. The largest absolute Gasteiger partial charge is 0.271 e. The average Bonchev–Trinajstić information content (AvgIpc) is 2.68. The van der Waals surface area contributed by atoms with Crippen LogP contribution in [-0.4, -0.2) is 30.4 Å². The van der Waals surface area contributed by atoms with Crippen molar-refractivity contribution in [3.63, 3.8) is 0 Å². The Morgan fingerprint density at radius 3 is 2.56 bits per heavy atom. The summed E-state index contributed by atoms with van der Waals surface area (Å²) in [5.74, 6) is -3.16. The summed E-state index contributed by atoms with van der Waals surface area (Å²) in [6.45, 7) is 0.526. The molecule has 1 heterocycles. The van der Waals surface area contributed by atoms with Gasteiger partial charge in [-0.25, -0.2) is 17.2 Å². The van der Waals surface area contributed by atoms with E-state index in [9.17, 15) is 17.2 Å². The SMILES string of the molecule is CS(=O)(=O)c1cnn(CC2CC3C(C2)C3(F)F)c1. The van der Waals surface area contributed by atoms with Crippen LogP contribution in [0.25, 0.3) is 0 Å². The molecule has 0 saturated heterocycles. The van der Waals surface area contributed by atoms with Gasteiger partial charge in [-0.1, -0.05) is 0 Å². The number of fused-ring (bicyclic) bond motifs is 1. The number of nitrogens with zero attached hydrogens (tertiary/aromatic N) is 2. The zero-order chi connectivity index (χ0) is 13.1. The van der Waals surface area contributed by atoms with Gasteiger partial charge in [0.05, 0.1) is 6.20 Å². The quantitative estimate of drug-likeness (QED) is 0.842. The molecule has 2 aliphatic rings. The first-order valence-corrected chi connectivity index (χ1v) is 7.78.